The van der Waals surface area contributed by atoms with E-state index in [0.717, 1.165) is 29.8 Å². The van der Waals surface area contributed by atoms with Gasteiger partial charge in [0.05, 0.1) is 18.0 Å². The lowest BCUT2D eigenvalue weighted by Gasteiger charge is -2.19. The van der Waals surface area contributed by atoms with E-state index in [4.69, 9.17) is 9.47 Å². The number of benzene rings is 1. The first kappa shape index (κ1) is 11.2. The monoisotopic (exact) mass is 256 g/mol. The molecule has 2 aromatic rings. The van der Waals surface area contributed by atoms with E-state index < -0.39 is 0 Å². The lowest BCUT2D eigenvalue weighted by Crippen LogP contribution is -2.22. The van der Waals surface area contributed by atoms with Crippen LogP contribution in [-0.4, -0.2) is 30.0 Å². The zero-order valence-electron chi connectivity index (χ0n) is 10.8. The molecule has 2 aliphatic rings. The Morgan fingerprint density at radius 3 is 2.89 bits per heavy atom. The van der Waals surface area contributed by atoms with E-state index in [-0.39, 0.29) is 11.7 Å². The topological polar surface area (TPSA) is 47.1 Å². The fraction of sp³-hybridized carbons (Fsp3) is 0.400. The molecule has 4 rings (SSSR count). The number of fused-ring (bicyclic) bond motifs is 1. The lowest BCUT2D eigenvalue weighted by atomic mass is 10.0. The molecule has 3 atom stereocenters. The van der Waals surface area contributed by atoms with Crippen LogP contribution >= 0.6 is 0 Å². The molecule has 2 heterocycles. The minimum absolute atomic E-state index is 0.181. The van der Waals surface area contributed by atoms with E-state index in [2.05, 4.69) is 22.3 Å². The summed E-state index contributed by atoms with van der Waals surface area (Å²) in [5.41, 5.74) is 3.00. The summed E-state index contributed by atoms with van der Waals surface area (Å²) >= 11 is 0. The summed E-state index contributed by atoms with van der Waals surface area (Å²) < 4.78 is 11.6. The fourth-order valence-electron chi connectivity index (χ4n) is 3.45. The highest BCUT2D eigenvalue weighted by atomic mass is 16.6. The minimum atomic E-state index is -0.320. The molecule has 4 nitrogen and oxygen atoms in total. The number of ether oxygens (including phenoxy) is 2. The van der Waals surface area contributed by atoms with Crippen molar-refractivity contribution in [2.24, 2.45) is 5.92 Å². The van der Waals surface area contributed by atoms with Gasteiger partial charge in [0.25, 0.3) is 0 Å². The first-order valence-corrected chi connectivity index (χ1v) is 6.64. The second-order valence-electron chi connectivity index (χ2n) is 5.21. The molecule has 4 heteroatoms. The molecule has 0 unspecified atom stereocenters. The molecule has 1 saturated carbocycles. The quantitative estimate of drug-likeness (QED) is 0.917. The number of nitrogens with zero attached hydrogens (tertiary/aromatic N) is 1. The van der Waals surface area contributed by atoms with Gasteiger partial charge in [-0.15, -0.1) is 0 Å². The van der Waals surface area contributed by atoms with Crippen LogP contribution in [0, 0.1) is 5.92 Å². The average Bonchev–Trinajstić information content (AvgIpc) is 2.91. The molecule has 19 heavy (non-hydrogen) atoms. The van der Waals surface area contributed by atoms with Gasteiger partial charge < -0.3 is 9.47 Å². The van der Waals surface area contributed by atoms with Crippen LogP contribution in [0.15, 0.2) is 36.5 Å². The molecule has 0 amide bonds. The highest BCUT2D eigenvalue weighted by Gasteiger charge is 2.71. The van der Waals surface area contributed by atoms with Crippen LogP contribution in [0.5, 0.6) is 0 Å². The zero-order chi connectivity index (χ0) is 12.9. The van der Waals surface area contributed by atoms with Crippen LogP contribution in [0.25, 0.3) is 11.1 Å². The van der Waals surface area contributed by atoms with Crippen molar-refractivity contribution in [3.63, 3.8) is 0 Å². The molecule has 1 aliphatic carbocycles. The van der Waals surface area contributed by atoms with Crippen molar-refractivity contribution >= 4 is 0 Å². The number of methoxy groups -OCH3 is 1. The smallest absolute Gasteiger partial charge is 0.141 e. The predicted molar refractivity (Wildman–Crippen MR) is 70.6 cm³/mol. The van der Waals surface area contributed by atoms with Crippen molar-refractivity contribution in [2.75, 3.05) is 13.7 Å². The van der Waals surface area contributed by atoms with E-state index in [9.17, 15) is 0 Å². The third kappa shape index (κ3) is 1.38. The van der Waals surface area contributed by atoms with Crippen molar-refractivity contribution in [1.82, 2.24) is 10.2 Å². The Kier molecular flexibility index (Phi) is 2.31. The van der Waals surface area contributed by atoms with E-state index in [1.165, 1.54) is 0 Å². The lowest BCUT2D eigenvalue weighted by molar-refractivity contribution is -0.0131. The molecular formula is C15H16N2O2. The molecule has 1 aliphatic heterocycles. The van der Waals surface area contributed by atoms with Gasteiger partial charge in [0.1, 0.15) is 5.60 Å². The Morgan fingerprint density at radius 1 is 1.37 bits per heavy atom. The van der Waals surface area contributed by atoms with Gasteiger partial charge in [-0.3, -0.25) is 5.10 Å². The van der Waals surface area contributed by atoms with E-state index in [1.807, 2.05) is 24.4 Å². The normalized spacial score (nSPS) is 32.3. The molecule has 0 radical (unpaired) electrons. The summed E-state index contributed by atoms with van der Waals surface area (Å²) in [4.78, 5) is 0. The maximum atomic E-state index is 5.83. The fourth-order valence-corrected chi connectivity index (χ4v) is 3.45. The number of rotatable bonds is 3. The highest BCUT2D eigenvalue weighted by molar-refractivity contribution is 5.67. The van der Waals surface area contributed by atoms with E-state index in [1.54, 1.807) is 7.11 Å². The van der Waals surface area contributed by atoms with Crippen LogP contribution in [0.4, 0.5) is 0 Å². The Labute approximate surface area is 111 Å². The van der Waals surface area contributed by atoms with Crippen LogP contribution in [0.1, 0.15) is 12.1 Å². The summed E-state index contributed by atoms with van der Waals surface area (Å²) in [5, 5.41) is 7.35. The van der Waals surface area contributed by atoms with Crippen molar-refractivity contribution < 1.29 is 9.47 Å². The summed E-state index contributed by atoms with van der Waals surface area (Å²) in [7, 11) is 1.76. The van der Waals surface area contributed by atoms with Gasteiger partial charge in [0.15, 0.2) is 0 Å². The van der Waals surface area contributed by atoms with Crippen LogP contribution in [-0.2, 0) is 15.1 Å². The van der Waals surface area contributed by atoms with Gasteiger partial charge in [-0.1, -0.05) is 30.3 Å². The van der Waals surface area contributed by atoms with Gasteiger partial charge in [-0.05, 0) is 12.0 Å². The Balaban J connectivity index is 1.80. The number of aromatic nitrogens is 2. The standard InChI is InChI=1S/C15H16N2O2/c1-18-15(12-7-8-19-14(12)15)13-11(9-16-17-13)10-5-3-2-4-6-10/h2-6,9,12,14H,7-8H2,1H3,(H,16,17)/t12-,14+,15-/m1/s1. The Bertz CT molecular complexity index is 583. The number of nitrogens with one attached hydrogen (secondary N) is 1. The molecule has 2 fully saturated rings. The van der Waals surface area contributed by atoms with Crippen molar-refractivity contribution in [3.05, 3.63) is 42.2 Å². The van der Waals surface area contributed by atoms with Crippen molar-refractivity contribution in [3.8, 4) is 11.1 Å². The predicted octanol–water partition coefficient (Wildman–Crippen LogP) is 2.34. The average molecular weight is 256 g/mol. The maximum absolute atomic E-state index is 5.83. The second kappa shape index (κ2) is 3.92. The SMILES string of the molecule is CO[C@@]1(c2[nH]ncc2-c2ccccc2)[C@@H]2CCO[C@@H]21. The van der Waals surface area contributed by atoms with Crippen LogP contribution < -0.4 is 0 Å². The van der Waals surface area contributed by atoms with E-state index in [0.29, 0.717) is 5.92 Å². The summed E-state index contributed by atoms with van der Waals surface area (Å²) in [6.45, 7) is 0.843. The van der Waals surface area contributed by atoms with Gasteiger partial charge in [0.2, 0.25) is 0 Å². The number of aromatic amines is 1. The molecular weight excluding hydrogens is 240 g/mol. The van der Waals surface area contributed by atoms with E-state index >= 15 is 0 Å². The largest absolute Gasteiger partial charge is 0.374 e. The molecule has 0 bridgehead atoms. The minimum Gasteiger partial charge on any atom is -0.374 e. The first-order chi connectivity index (χ1) is 9.38. The Morgan fingerprint density at radius 2 is 2.21 bits per heavy atom. The van der Waals surface area contributed by atoms with Gasteiger partial charge in [0, 0.05) is 25.2 Å². The van der Waals surface area contributed by atoms with Gasteiger partial charge in [-0.2, -0.15) is 5.10 Å². The van der Waals surface area contributed by atoms with Crippen LogP contribution in [0.2, 0.25) is 0 Å². The summed E-state index contributed by atoms with van der Waals surface area (Å²) in [5.74, 6) is 0.459. The third-order valence-electron chi connectivity index (χ3n) is 4.41. The van der Waals surface area contributed by atoms with Gasteiger partial charge >= 0.3 is 0 Å². The number of hydrogen-bond acceptors (Lipinski definition) is 3. The molecule has 1 N–H and O–H groups in total. The van der Waals surface area contributed by atoms with Crippen molar-refractivity contribution in [1.29, 1.82) is 0 Å². The van der Waals surface area contributed by atoms with Crippen LogP contribution in [0.3, 0.4) is 0 Å². The summed E-state index contributed by atoms with van der Waals surface area (Å²) in [6.07, 6.45) is 3.12. The molecule has 1 aromatic heterocycles. The van der Waals surface area contributed by atoms with Crippen molar-refractivity contribution in [2.45, 2.75) is 18.1 Å². The molecule has 98 valence electrons. The zero-order valence-corrected chi connectivity index (χ0v) is 10.8. The summed E-state index contributed by atoms with van der Waals surface area (Å²) in [6, 6.07) is 10.3. The number of hydrogen-bond donors (Lipinski definition) is 1. The second-order valence-corrected chi connectivity index (χ2v) is 5.21. The van der Waals surface area contributed by atoms with Gasteiger partial charge in [-0.25, -0.2) is 0 Å². The number of H-pyrrole nitrogens is 1. The molecule has 0 spiro atoms. The first-order valence-electron chi connectivity index (χ1n) is 6.64. The Hall–Kier alpha value is -1.65. The molecule has 1 saturated heterocycles. The maximum Gasteiger partial charge on any atom is 0.141 e. The highest BCUT2D eigenvalue weighted by Crippen LogP contribution is 2.62. The third-order valence-corrected chi connectivity index (χ3v) is 4.41. The molecule has 1 aromatic carbocycles.